The summed E-state index contributed by atoms with van der Waals surface area (Å²) in [6.45, 7) is 0.967. The van der Waals surface area contributed by atoms with Gasteiger partial charge in [-0.25, -0.2) is 12.8 Å². The van der Waals surface area contributed by atoms with E-state index in [4.69, 9.17) is 0 Å². The molecule has 0 aliphatic heterocycles. The van der Waals surface area contributed by atoms with Crippen LogP contribution in [0.4, 0.5) is 17.6 Å². The van der Waals surface area contributed by atoms with Gasteiger partial charge in [-0.2, -0.15) is 13.2 Å². The van der Waals surface area contributed by atoms with Crippen LogP contribution in [0.25, 0.3) is 0 Å². The number of rotatable bonds is 6. The third-order valence-corrected chi connectivity index (χ3v) is 7.83. The van der Waals surface area contributed by atoms with E-state index >= 15 is 0 Å². The van der Waals surface area contributed by atoms with Gasteiger partial charge in [0, 0.05) is 11.4 Å². The first-order chi connectivity index (χ1) is 14.5. The average Bonchev–Trinajstić information content (AvgIpc) is 3.23. The van der Waals surface area contributed by atoms with Crippen LogP contribution in [0.3, 0.4) is 0 Å². The van der Waals surface area contributed by atoms with Gasteiger partial charge in [0.25, 0.3) is 5.91 Å². The molecule has 0 radical (unpaired) electrons. The minimum Gasteiger partial charge on any atom is -0.350 e. The summed E-state index contributed by atoms with van der Waals surface area (Å²) in [5.74, 6) is -1.61. The molecule has 1 aromatic heterocycles. The molecule has 31 heavy (non-hydrogen) atoms. The fraction of sp³-hybridized carbons (Fsp3) is 0.190. The largest absolute Gasteiger partial charge is 0.417 e. The number of alkyl halides is 3. The molecule has 1 heterocycles. The van der Waals surface area contributed by atoms with E-state index in [0.717, 1.165) is 41.7 Å². The fourth-order valence-corrected chi connectivity index (χ4v) is 5.87. The van der Waals surface area contributed by atoms with Gasteiger partial charge in [-0.3, -0.25) is 4.79 Å². The zero-order chi connectivity index (χ0) is 22.8. The molecule has 0 fully saturated rings. The van der Waals surface area contributed by atoms with Gasteiger partial charge in [0.05, 0.1) is 16.0 Å². The summed E-state index contributed by atoms with van der Waals surface area (Å²) in [6, 6.07) is 10.8. The Bertz CT molecular complexity index is 1190. The number of halogens is 4. The highest BCUT2D eigenvalue weighted by Crippen LogP contribution is 2.34. The highest BCUT2D eigenvalue weighted by molar-refractivity contribution is 7.91. The molecule has 1 N–H and O–H groups in total. The van der Waals surface area contributed by atoms with E-state index < -0.39 is 50.7 Å². The summed E-state index contributed by atoms with van der Waals surface area (Å²) in [6.07, 6.45) is -4.74. The van der Waals surface area contributed by atoms with Crippen molar-refractivity contribution >= 4 is 27.1 Å². The van der Waals surface area contributed by atoms with Gasteiger partial charge in [0.2, 0.25) is 0 Å². The van der Waals surface area contributed by atoms with E-state index in [1.807, 2.05) is 0 Å². The minimum absolute atomic E-state index is 0.133. The summed E-state index contributed by atoms with van der Waals surface area (Å²) >= 11 is 1.13. The Labute approximate surface area is 180 Å². The van der Waals surface area contributed by atoms with Crippen LogP contribution in [-0.4, -0.2) is 20.9 Å². The normalized spacial score (nSPS) is 13.1. The molecule has 0 unspecified atom stereocenters. The molecule has 0 spiro atoms. The first kappa shape index (κ1) is 23.0. The average molecular weight is 471 g/mol. The molecule has 0 aliphatic rings. The van der Waals surface area contributed by atoms with Crippen molar-refractivity contribution in [3.63, 3.8) is 0 Å². The topological polar surface area (TPSA) is 63.2 Å². The molecule has 10 heteroatoms. The zero-order valence-electron chi connectivity index (χ0n) is 16.1. The lowest BCUT2D eigenvalue weighted by Gasteiger charge is -2.19. The SMILES string of the molecule is Cc1cc(S(=O)(=O)[C@H](CNC(=O)c2ccccc2C(F)(F)F)c2cccs2)ccc1F. The number of hydrogen-bond donors (Lipinski definition) is 1. The number of benzene rings is 2. The highest BCUT2D eigenvalue weighted by Gasteiger charge is 2.36. The van der Waals surface area contributed by atoms with Gasteiger partial charge < -0.3 is 5.32 Å². The van der Waals surface area contributed by atoms with Crippen molar-refractivity contribution in [1.29, 1.82) is 0 Å². The number of amides is 1. The van der Waals surface area contributed by atoms with E-state index in [0.29, 0.717) is 4.88 Å². The number of thiophene rings is 1. The number of carbonyl (C=O) groups excluding carboxylic acids is 1. The minimum atomic E-state index is -4.74. The Hall–Kier alpha value is -2.72. The van der Waals surface area contributed by atoms with Gasteiger partial charge in [0.1, 0.15) is 11.1 Å². The standard InChI is InChI=1S/C21H17F4NO3S2/c1-13-11-14(8-9-17(13)22)31(28,29)19(18-7-4-10-30-18)12-26-20(27)15-5-2-3-6-16(15)21(23,24)25/h2-11,19H,12H2,1H3,(H,26,27)/t19-/m1/s1. The molecule has 1 amide bonds. The van der Waals surface area contributed by atoms with Crippen molar-refractivity contribution < 1.29 is 30.8 Å². The summed E-state index contributed by atoms with van der Waals surface area (Å²) in [5.41, 5.74) is -1.58. The Morgan fingerprint density at radius 1 is 1.10 bits per heavy atom. The van der Waals surface area contributed by atoms with Crippen LogP contribution in [0.5, 0.6) is 0 Å². The fourth-order valence-electron chi connectivity index (χ4n) is 3.01. The Kier molecular flexibility index (Phi) is 6.51. The number of carbonyl (C=O) groups is 1. The van der Waals surface area contributed by atoms with Crippen LogP contribution < -0.4 is 5.32 Å². The van der Waals surface area contributed by atoms with Crippen LogP contribution >= 0.6 is 11.3 Å². The predicted molar refractivity (Wildman–Crippen MR) is 109 cm³/mol. The van der Waals surface area contributed by atoms with Gasteiger partial charge >= 0.3 is 6.18 Å². The van der Waals surface area contributed by atoms with Crippen molar-refractivity contribution in [2.75, 3.05) is 6.54 Å². The molecular weight excluding hydrogens is 454 g/mol. The van der Waals surface area contributed by atoms with Crippen LogP contribution in [0, 0.1) is 12.7 Å². The van der Waals surface area contributed by atoms with E-state index in [-0.39, 0.29) is 10.5 Å². The summed E-state index contributed by atoms with van der Waals surface area (Å²) < 4.78 is 79.7. The maximum absolute atomic E-state index is 13.6. The van der Waals surface area contributed by atoms with Crippen molar-refractivity contribution in [2.45, 2.75) is 23.2 Å². The Balaban J connectivity index is 1.92. The molecule has 4 nitrogen and oxygen atoms in total. The Morgan fingerprint density at radius 2 is 1.81 bits per heavy atom. The molecule has 3 rings (SSSR count). The zero-order valence-corrected chi connectivity index (χ0v) is 17.7. The van der Waals surface area contributed by atoms with Crippen molar-refractivity contribution in [3.05, 3.63) is 87.4 Å². The maximum Gasteiger partial charge on any atom is 0.417 e. The molecule has 2 aromatic carbocycles. The van der Waals surface area contributed by atoms with Crippen LogP contribution in [0.15, 0.2) is 64.9 Å². The molecule has 0 aliphatic carbocycles. The molecule has 0 saturated carbocycles. The van der Waals surface area contributed by atoms with E-state index in [2.05, 4.69) is 5.32 Å². The smallest absolute Gasteiger partial charge is 0.350 e. The second-order valence-electron chi connectivity index (χ2n) is 6.71. The quantitative estimate of drug-likeness (QED) is 0.399. The second-order valence-corrected chi connectivity index (χ2v) is 9.82. The lowest BCUT2D eigenvalue weighted by molar-refractivity contribution is -0.137. The first-order valence-electron chi connectivity index (χ1n) is 8.99. The molecular formula is C21H17F4NO3S2. The number of nitrogens with one attached hydrogen (secondary N) is 1. The monoisotopic (exact) mass is 471 g/mol. The first-order valence-corrected chi connectivity index (χ1v) is 11.4. The molecule has 0 bridgehead atoms. The van der Waals surface area contributed by atoms with Crippen molar-refractivity contribution in [2.24, 2.45) is 0 Å². The molecule has 164 valence electrons. The van der Waals surface area contributed by atoms with E-state index in [1.54, 1.807) is 17.5 Å². The maximum atomic E-state index is 13.6. The van der Waals surface area contributed by atoms with Gasteiger partial charge in [-0.05, 0) is 54.3 Å². The van der Waals surface area contributed by atoms with E-state index in [9.17, 15) is 30.8 Å². The predicted octanol–water partition coefficient (Wildman–Crippen LogP) is 5.16. The summed E-state index contributed by atoms with van der Waals surface area (Å²) in [5, 5.41) is 2.71. The number of sulfone groups is 1. The molecule has 0 saturated heterocycles. The van der Waals surface area contributed by atoms with Crippen molar-refractivity contribution in [1.82, 2.24) is 5.32 Å². The highest BCUT2D eigenvalue weighted by atomic mass is 32.2. The second kappa shape index (κ2) is 8.80. The van der Waals surface area contributed by atoms with Gasteiger partial charge in [0.15, 0.2) is 9.84 Å². The summed E-state index contributed by atoms with van der Waals surface area (Å²) in [4.78, 5) is 12.7. The van der Waals surface area contributed by atoms with Crippen molar-refractivity contribution in [3.8, 4) is 0 Å². The molecule has 3 aromatic rings. The van der Waals surface area contributed by atoms with Gasteiger partial charge in [-0.15, -0.1) is 11.3 Å². The van der Waals surface area contributed by atoms with E-state index in [1.165, 1.54) is 19.1 Å². The summed E-state index contributed by atoms with van der Waals surface area (Å²) in [7, 11) is -4.07. The third kappa shape index (κ3) is 4.96. The lowest BCUT2D eigenvalue weighted by Crippen LogP contribution is -2.32. The van der Waals surface area contributed by atoms with Gasteiger partial charge in [-0.1, -0.05) is 18.2 Å². The lowest BCUT2D eigenvalue weighted by atomic mass is 10.1. The van der Waals surface area contributed by atoms with Crippen LogP contribution in [-0.2, 0) is 16.0 Å². The van der Waals surface area contributed by atoms with Crippen LogP contribution in [0.1, 0.15) is 31.6 Å². The number of aryl methyl sites for hydroxylation is 1. The Morgan fingerprint density at radius 3 is 2.42 bits per heavy atom. The van der Waals surface area contributed by atoms with Crippen LogP contribution in [0.2, 0.25) is 0 Å². The third-order valence-electron chi connectivity index (χ3n) is 4.62. The molecule has 1 atom stereocenters. The number of hydrogen-bond acceptors (Lipinski definition) is 4.